The van der Waals surface area contributed by atoms with Gasteiger partial charge in [-0.05, 0) is 25.3 Å². The largest absolute Gasteiger partial charge is 0.381 e. The van der Waals surface area contributed by atoms with Gasteiger partial charge in [-0.15, -0.1) is 0 Å². The van der Waals surface area contributed by atoms with Gasteiger partial charge < -0.3 is 10.1 Å². The number of ether oxygens (including phenoxy) is 1. The normalized spacial score (nSPS) is 26.0. The number of aromatic nitrogens is 2. The van der Waals surface area contributed by atoms with Gasteiger partial charge in [-0.2, -0.15) is 5.10 Å². The summed E-state index contributed by atoms with van der Waals surface area (Å²) in [6.07, 6.45) is 5.82. The van der Waals surface area contributed by atoms with Crippen molar-refractivity contribution in [3.8, 4) is 0 Å². The highest BCUT2D eigenvalue weighted by atomic mass is 16.5. The second-order valence-electron chi connectivity index (χ2n) is 4.19. The van der Waals surface area contributed by atoms with E-state index < -0.39 is 0 Å². The lowest BCUT2D eigenvalue weighted by Gasteiger charge is -2.12. The summed E-state index contributed by atoms with van der Waals surface area (Å²) >= 11 is 0. The van der Waals surface area contributed by atoms with Gasteiger partial charge in [0.1, 0.15) is 0 Å². The third kappa shape index (κ3) is 2.58. The number of aryl methyl sites for hydroxylation is 1. The summed E-state index contributed by atoms with van der Waals surface area (Å²) in [7, 11) is 3.78. The molecule has 4 heteroatoms. The number of nitrogens with zero attached hydrogens (tertiary/aromatic N) is 2. The number of nitrogens with one attached hydrogen (secondary N) is 1. The average molecular weight is 209 g/mol. The maximum Gasteiger partial charge on any atom is 0.0586 e. The van der Waals surface area contributed by atoms with Crippen LogP contribution >= 0.6 is 0 Å². The van der Waals surface area contributed by atoms with E-state index >= 15 is 0 Å². The summed E-state index contributed by atoms with van der Waals surface area (Å²) in [5.41, 5.74) is 1.23. The molecule has 0 amide bonds. The molecule has 1 aliphatic carbocycles. The average Bonchev–Trinajstić information content (AvgIpc) is 2.84. The molecular weight excluding hydrogens is 190 g/mol. The van der Waals surface area contributed by atoms with Gasteiger partial charge in [-0.3, -0.25) is 4.68 Å². The van der Waals surface area contributed by atoms with Crippen molar-refractivity contribution in [2.75, 3.05) is 7.11 Å². The van der Waals surface area contributed by atoms with Gasteiger partial charge in [0.05, 0.1) is 11.8 Å². The number of methoxy groups -OCH3 is 1. The Morgan fingerprint density at radius 3 is 3.07 bits per heavy atom. The first kappa shape index (κ1) is 10.6. The molecule has 4 nitrogen and oxygen atoms in total. The van der Waals surface area contributed by atoms with Crippen molar-refractivity contribution < 1.29 is 4.74 Å². The van der Waals surface area contributed by atoms with E-state index in [1.165, 1.54) is 18.5 Å². The zero-order chi connectivity index (χ0) is 10.7. The van der Waals surface area contributed by atoms with E-state index in [1.807, 2.05) is 17.9 Å². The molecule has 1 aromatic heterocycles. The first-order chi connectivity index (χ1) is 7.29. The summed E-state index contributed by atoms with van der Waals surface area (Å²) in [4.78, 5) is 0. The van der Waals surface area contributed by atoms with Gasteiger partial charge in [0, 0.05) is 32.9 Å². The Morgan fingerprint density at radius 2 is 2.47 bits per heavy atom. The Labute approximate surface area is 90.6 Å². The quantitative estimate of drug-likeness (QED) is 0.806. The maximum atomic E-state index is 5.34. The molecule has 0 spiro atoms. The molecule has 1 heterocycles. The molecule has 0 radical (unpaired) electrons. The first-order valence-corrected chi connectivity index (χ1v) is 5.52. The van der Waals surface area contributed by atoms with E-state index in [9.17, 15) is 0 Å². The molecule has 1 saturated carbocycles. The van der Waals surface area contributed by atoms with Crippen LogP contribution in [0, 0.1) is 0 Å². The minimum Gasteiger partial charge on any atom is -0.381 e. The van der Waals surface area contributed by atoms with Crippen LogP contribution in [-0.4, -0.2) is 29.0 Å². The van der Waals surface area contributed by atoms with Gasteiger partial charge in [-0.1, -0.05) is 0 Å². The van der Waals surface area contributed by atoms with Crippen molar-refractivity contribution in [2.24, 2.45) is 7.05 Å². The van der Waals surface area contributed by atoms with Crippen LogP contribution in [0.25, 0.3) is 0 Å². The third-order valence-corrected chi connectivity index (χ3v) is 3.21. The highest BCUT2D eigenvalue weighted by molar-refractivity contribution is 5.00. The summed E-state index contributed by atoms with van der Waals surface area (Å²) in [5.74, 6) is 0. The van der Waals surface area contributed by atoms with Crippen LogP contribution in [0.1, 0.15) is 25.0 Å². The Kier molecular flexibility index (Phi) is 3.38. The van der Waals surface area contributed by atoms with Crippen molar-refractivity contribution in [3.63, 3.8) is 0 Å². The Morgan fingerprint density at radius 1 is 1.60 bits per heavy atom. The van der Waals surface area contributed by atoms with Crippen LogP contribution in [0.5, 0.6) is 0 Å². The lowest BCUT2D eigenvalue weighted by Crippen LogP contribution is -2.27. The van der Waals surface area contributed by atoms with E-state index in [0.29, 0.717) is 12.1 Å². The van der Waals surface area contributed by atoms with Crippen molar-refractivity contribution >= 4 is 0 Å². The fraction of sp³-hybridized carbons (Fsp3) is 0.727. The van der Waals surface area contributed by atoms with Gasteiger partial charge >= 0.3 is 0 Å². The smallest absolute Gasteiger partial charge is 0.0586 e. The van der Waals surface area contributed by atoms with Crippen molar-refractivity contribution in [1.29, 1.82) is 0 Å². The third-order valence-electron chi connectivity index (χ3n) is 3.21. The molecular formula is C11H19N3O. The van der Waals surface area contributed by atoms with Crippen molar-refractivity contribution in [1.82, 2.24) is 15.1 Å². The molecule has 1 N–H and O–H groups in total. The summed E-state index contributed by atoms with van der Waals surface area (Å²) in [5, 5.41) is 7.69. The molecule has 1 aliphatic rings. The summed E-state index contributed by atoms with van der Waals surface area (Å²) < 4.78 is 7.26. The topological polar surface area (TPSA) is 39.1 Å². The number of hydrogen-bond donors (Lipinski definition) is 1. The van der Waals surface area contributed by atoms with Crippen molar-refractivity contribution in [3.05, 3.63) is 18.0 Å². The van der Waals surface area contributed by atoms with Crippen LogP contribution in [-0.2, 0) is 18.3 Å². The van der Waals surface area contributed by atoms with Gasteiger partial charge in [-0.25, -0.2) is 0 Å². The van der Waals surface area contributed by atoms with Crippen LogP contribution < -0.4 is 5.32 Å². The van der Waals surface area contributed by atoms with Crippen LogP contribution in [0.2, 0.25) is 0 Å². The van der Waals surface area contributed by atoms with E-state index in [-0.39, 0.29) is 0 Å². The molecule has 1 fully saturated rings. The summed E-state index contributed by atoms with van der Waals surface area (Å²) in [6.45, 7) is 0.900. The fourth-order valence-corrected chi connectivity index (χ4v) is 2.16. The number of hydrogen-bond acceptors (Lipinski definition) is 3. The van der Waals surface area contributed by atoms with Crippen LogP contribution in [0.4, 0.5) is 0 Å². The zero-order valence-electron chi connectivity index (χ0n) is 9.44. The molecule has 15 heavy (non-hydrogen) atoms. The SMILES string of the molecule is COC1CCC(NCc2ccnn2C)C1. The zero-order valence-corrected chi connectivity index (χ0v) is 9.44. The monoisotopic (exact) mass is 209 g/mol. The second kappa shape index (κ2) is 4.77. The van der Waals surface area contributed by atoms with Crippen molar-refractivity contribution in [2.45, 2.75) is 38.0 Å². The van der Waals surface area contributed by atoms with E-state index in [1.54, 1.807) is 7.11 Å². The molecule has 1 aromatic rings. The molecule has 0 aliphatic heterocycles. The van der Waals surface area contributed by atoms with Crippen LogP contribution in [0.3, 0.4) is 0 Å². The second-order valence-corrected chi connectivity index (χ2v) is 4.19. The highest BCUT2D eigenvalue weighted by Crippen LogP contribution is 2.21. The molecule has 0 aromatic carbocycles. The van der Waals surface area contributed by atoms with Crippen LogP contribution in [0.15, 0.2) is 12.3 Å². The molecule has 0 bridgehead atoms. The predicted octanol–water partition coefficient (Wildman–Crippen LogP) is 1.08. The maximum absolute atomic E-state index is 5.34. The molecule has 0 saturated heterocycles. The highest BCUT2D eigenvalue weighted by Gasteiger charge is 2.23. The minimum atomic E-state index is 0.453. The lowest BCUT2D eigenvalue weighted by molar-refractivity contribution is 0.107. The Balaban J connectivity index is 1.77. The van der Waals surface area contributed by atoms with E-state index in [0.717, 1.165) is 13.0 Å². The fourth-order valence-electron chi connectivity index (χ4n) is 2.16. The standard InChI is InChI=1S/C11H19N3O/c1-14-10(5-6-13-14)8-12-9-3-4-11(7-9)15-2/h5-6,9,11-12H,3-4,7-8H2,1-2H3. The molecule has 2 rings (SSSR count). The van der Waals surface area contributed by atoms with E-state index in [4.69, 9.17) is 4.74 Å². The lowest BCUT2D eigenvalue weighted by atomic mass is 10.2. The van der Waals surface area contributed by atoms with Gasteiger partial charge in [0.15, 0.2) is 0 Å². The van der Waals surface area contributed by atoms with Gasteiger partial charge in [0.25, 0.3) is 0 Å². The Hall–Kier alpha value is -0.870. The summed E-state index contributed by atoms with van der Waals surface area (Å²) in [6, 6.07) is 2.65. The van der Waals surface area contributed by atoms with E-state index in [2.05, 4.69) is 16.5 Å². The molecule has 84 valence electrons. The molecule has 2 unspecified atom stereocenters. The number of rotatable bonds is 4. The molecule has 2 atom stereocenters. The van der Waals surface area contributed by atoms with Gasteiger partial charge in [0.2, 0.25) is 0 Å². The Bertz CT molecular complexity index is 311. The predicted molar refractivity (Wildman–Crippen MR) is 58.5 cm³/mol. The minimum absolute atomic E-state index is 0.453. The first-order valence-electron chi connectivity index (χ1n) is 5.52.